The van der Waals surface area contributed by atoms with Crippen molar-refractivity contribution in [3.8, 4) is 17.2 Å². The first-order valence-corrected chi connectivity index (χ1v) is 8.83. The summed E-state index contributed by atoms with van der Waals surface area (Å²) in [6.45, 7) is 2.61. The maximum absolute atomic E-state index is 6.31. The molecule has 0 spiro atoms. The summed E-state index contributed by atoms with van der Waals surface area (Å²) < 4.78 is 11.6. The SMILES string of the molecule is CCc1ccc(COc2ccc(Oc3cccc(Cl)c3)cc2Cl)cc1. The summed E-state index contributed by atoms with van der Waals surface area (Å²) in [4.78, 5) is 0. The molecule has 0 saturated heterocycles. The first-order chi connectivity index (χ1) is 12.1. The van der Waals surface area contributed by atoms with Crippen LogP contribution in [0.25, 0.3) is 0 Å². The highest BCUT2D eigenvalue weighted by molar-refractivity contribution is 6.32. The largest absolute Gasteiger partial charge is 0.487 e. The Kier molecular flexibility index (Phi) is 5.85. The highest BCUT2D eigenvalue weighted by Crippen LogP contribution is 2.32. The molecule has 0 atom stereocenters. The van der Waals surface area contributed by atoms with Crippen molar-refractivity contribution in [3.05, 3.63) is 87.9 Å². The zero-order valence-electron chi connectivity index (χ0n) is 13.8. The molecule has 0 fully saturated rings. The van der Waals surface area contributed by atoms with E-state index in [9.17, 15) is 0 Å². The van der Waals surface area contributed by atoms with Crippen LogP contribution in [0.15, 0.2) is 66.7 Å². The van der Waals surface area contributed by atoms with Crippen LogP contribution in [-0.2, 0) is 13.0 Å². The molecular formula is C21H18Cl2O2. The standard InChI is InChI=1S/C21H18Cl2O2/c1-2-15-6-8-16(9-7-15)14-24-21-11-10-19(13-20(21)23)25-18-5-3-4-17(22)12-18/h3-13H,2,14H2,1H3. The van der Waals surface area contributed by atoms with Gasteiger partial charge >= 0.3 is 0 Å². The summed E-state index contributed by atoms with van der Waals surface area (Å²) in [5, 5.41) is 1.13. The van der Waals surface area contributed by atoms with Gasteiger partial charge in [-0.15, -0.1) is 0 Å². The van der Waals surface area contributed by atoms with Gasteiger partial charge in [-0.1, -0.05) is 60.5 Å². The van der Waals surface area contributed by atoms with Crippen molar-refractivity contribution in [2.24, 2.45) is 0 Å². The van der Waals surface area contributed by atoms with Gasteiger partial charge in [0.2, 0.25) is 0 Å². The summed E-state index contributed by atoms with van der Waals surface area (Å²) in [7, 11) is 0. The van der Waals surface area contributed by atoms with Crippen LogP contribution in [0.1, 0.15) is 18.1 Å². The van der Waals surface area contributed by atoms with E-state index in [-0.39, 0.29) is 0 Å². The van der Waals surface area contributed by atoms with Crippen LogP contribution in [0.3, 0.4) is 0 Å². The Bertz CT molecular complexity index is 845. The molecule has 0 N–H and O–H groups in total. The van der Waals surface area contributed by atoms with Gasteiger partial charge in [-0.2, -0.15) is 0 Å². The second kappa shape index (κ2) is 8.28. The molecule has 2 nitrogen and oxygen atoms in total. The molecule has 0 bridgehead atoms. The summed E-state index contributed by atoms with van der Waals surface area (Å²) in [6, 6.07) is 21.0. The molecule has 0 saturated carbocycles. The number of hydrogen-bond donors (Lipinski definition) is 0. The molecule has 0 heterocycles. The molecule has 0 aliphatic rings. The second-order valence-electron chi connectivity index (χ2n) is 5.61. The van der Waals surface area contributed by atoms with Gasteiger partial charge < -0.3 is 9.47 Å². The van der Waals surface area contributed by atoms with E-state index in [1.807, 2.05) is 24.3 Å². The molecule has 0 aliphatic carbocycles. The third-order valence-corrected chi connectivity index (χ3v) is 4.29. The zero-order valence-corrected chi connectivity index (χ0v) is 15.3. The van der Waals surface area contributed by atoms with E-state index < -0.39 is 0 Å². The van der Waals surface area contributed by atoms with E-state index in [1.54, 1.807) is 18.2 Å². The Balaban J connectivity index is 1.65. The lowest BCUT2D eigenvalue weighted by Crippen LogP contribution is -1.96. The van der Waals surface area contributed by atoms with Gasteiger partial charge in [-0.3, -0.25) is 0 Å². The molecular weight excluding hydrogens is 355 g/mol. The van der Waals surface area contributed by atoms with E-state index in [2.05, 4.69) is 31.2 Å². The Hall–Kier alpha value is -2.16. The fourth-order valence-corrected chi connectivity index (χ4v) is 2.77. The van der Waals surface area contributed by atoms with Gasteiger partial charge in [-0.25, -0.2) is 0 Å². The average molecular weight is 373 g/mol. The maximum Gasteiger partial charge on any atom is 0.138 e. The van der Waals surface area contributed by atoms with Crippen LogP contribution >= 0.6 is 23.2 Å². The van der Waals surface area contributed by atoms with Crippen molar-refractivity contribution in [3.63, 3.8) is 0 Å². The minimum absolute atomic E-state index is 0.470. The average Bonchev–Trinajstić information content (AvgIpc) is 2.61. The molecule has 3 rings (SSSR count). The van der Waals surface area contributed by atoms with Crippen molar-refractivity contribution >= 4 is 23.2 Å². The van der Waals surface area contributed by atoms with Crippen molar-refractivity contribution in [1.29, 1.82) is 0 Å². The molecule has 25 heavy (non-hydrogen) atoms. The number of aryl methyl sites for hydroxylation is 1. The fraction of sp³-hybridized carbons (Fsp3) is 0.143. The van der Waals surface area contributed by atoms with E-state index in [0.29, 0.717) is 33.9 Å². The third-order valence-electron chi connectivity index (χ3n) is 3.76. The first-order valence-electron chi connectivity index (χ1n) is 8.07. The topological polar surface area (TPSA) is 18.5 Å². The lowest BCUT2D eigenvalue weighted by atomic mass is 10.1. The monoisotopic (exact) mass is 372 g/mol. The lowest BCUT2D eigenvalue weighted by molar-refractivity contribution is 0.306. The number of rotatable bonds is 6. The van der Waals surface area contributed by atoms with Crippen molar-refractivity contribution < 1.29 is 9.47 Å². The number of hydrogen-bond acceptors (Lipinski definition) is 2. The number of benzene rings is 3. The van der Waals surface area contributed by atoms with Gasteiger partial charge in [0.1, 0.15) is 23.9 Å². The smallest absolute Gasteiger partial charge is 0.138 e. The van der Waals surface area contributed by atoms with Gasteiger partial charge in [0.25, 0.3) is 0 Å². The van der Waals surface area contributed by atoms with Crippen LogP contribution in [0.4, 0.5) is 0 Å². The first kappa shape index (κ1) is 17.7. The van der Waals surface area contributed by atoms with E-state index in [1.165, 1.54) is 5.56 Å². The second-order valence-corrected chi connectivity index (χ2v) is 6.45. The quantitative estimate of drug-likeness (QED) is 0.467. The van der Waals surface area contributed by atoms with Crippen molar-refractivity contribution in [1.82, 2.24) is 0 Å². The molecule has 3 aromatic rings. The van der Waals surface area contributed by atoms with Crippen LogP contribution in [0, 0.1) is 0 Å². The molecule has 0 radical (unpaired) electrons. The van der Waals surface area contributed by atoms with Crippen LogP contribution in [0.5, 0.6) is 17.2 Å². The summed E-state index contributed by atoms with van der Waals surface area (Å²) in [6.07, 6.45) is 1.03. The Morgan fingerprint density at radius 3 is 2.20 bits per heavy atom. The van der Waals surface area contributed by atoms with E-state index in [0.717, 1.165) is 12.0 Å². The van der Waals surface area contributed by atoms with Crippen molar-refractivity contribution in [2.45, 2.75) is 20.0 Å². The van der Waals surface area contributed by atoms with Crippen LogP contribution in [0.2, 0.25) is 10.0 Å². The Morgan fingerprint density at radius 2 is 1.52 bits per heavy atom. The van der Waals surface area contributed by atoms with E-state index >= 15 is 0 Å². The van der Waals surface area contributed by atoms with Gasteiger partial charge in [0.15, 0.2) is 0 Å². The van der Waals surface area contributed by atoms with Crippen LogP contribution in [-0.4, -0.2) is 0 Å². The van der Waals surface area contributed by atoms with Gasteiger partial charge in [0.05, 0.1) is 5.02 Å². The summed E-state index contributed by atoms with van der Waals surface area (Å²) in [5.74, 6) is 1.92. The van der Waals surface area contributed by atoms with Gasteiger partial charge in [0, 0.05) is 11.1 Å². The summed E-state index contributed by atoms with van der Waals surface area (Å²) >= 11 is 12.3. The highest BCUT2D eigenvalue weighted by atomic mass is 35.5. The molecule has 4 heteroatoms. The molecule has 0 aromatic heterocycles. The number of ether oxygens (including phenoxy) is 2. The zero-order chi connectivity index (χ0) is 17.6. The highest BCUT2D eigenvalue weighted by Gasteiger charge is 2.06. The minimum atomic E-state index is 0.470. The third kappa shape index (κ3) is 4.91. The Labute approximate surface area is 157 Å². The molecule has 0 unspecified atom stereocenters. The molecule has 128 valence electrons. The number of halogens is 2. The lowest BCUT2D eigenvalue weighted by Gasteiger charge is -2.11. The van der Waals surface area contributed by atoms with Crippen LogP contribution < -0.4 is 9.47 Å². The molecule has 0 aliphatic heterocycles. The normalized spacial score (nSPS) is 10.5. The predicted molar refractivity (Wildman–Crippen MR) is 103 cm³/mol. The minimum Gasteiger partial charge on any atom is -0.487 e. The maximum atomic E-state index is 6.31. The van der Waals surface area contributed by atoms with E-state index in [4.69, 9.17) is 32.7 Å². The van der Waals surface area contributed by atoms with Gasteiger partial charge in [-0.05, 0) is 47.9 Å². The van der Waals surface area contributed by atoms with Crippen molar-refractivity contribution in [2.75, 3.05) is 0 Å². The summed E-state index contributed by atoms with van der Waals surface area (Å²) in [5.41, 5.74) is 2.41. The predicted octanol–water partition coefficient (Wildman–Crippen LogP) is 6.93. The molecule has 0 amide bonds. The fourth-order valence-electron chi connectivity index (χ4n) is 2.36. The molecule has 3 aromatic carbocycles. The Morgan fingerprint density at radius 1 is 0.800 bits per heavy atom.